The predicted octanol–water partition coefficient (Wildman–Crippen LogP) is 2.89. The molecular formula is C13H20O2. The van der Waals surface area contributed by atoms with Crippen LogP contribution in [0.4, 0.5) is 0 Å². The molecule has 2 atom stereocenters. The van der Waals surface area contributed by atoms with E-state index in [-0.39, 0.29) is 5.79 Å². The largest absolute Gasteiger partial charge is 0.347 e. The third kappa shape index (κ3) is 1.24. The van der Waals surface area contributed by atoms with E-state index in [0.717, 1.165) is 26.1 Å². The second kappa shape index (κ2) is 2.86. The first-order valence-corrected chi connectivity index (χ1v) is 6.01. The van der Waals surface area contributed by atoms with Crippen LogP contribution < -0.4 is 0 Å². The number of fused-ring (bicyclic) bond motifs is 1. The van der Waals surface area contributed by atoms with E-state index < -0.39 is 0 Å². The highest BCUT2D eigenvalue weighted by Crippen LogP contribution is 2.63. The molecule has 0 amide bonds. The van der Waals surface area contributed by atoms with E-state index in [1.54, 1.807) is 0 Å². The summed E-state index contributed by atoms with van der Waals surface area (Å²) in [5.74, 6) is -0.241. The van der Waals surface area contributed by atoms with Gasteiger partial charge < -0.3 is 9.47 Å². The molecule has 1 saturated heterocycles. The first kappa shape index (κ1) is 9.86. The maximum atomic E-state index is 5.87. The molecule has 2 fully saturated rings. The highest BCUT2D eigenvalue weighted by molar-refractivity contribution is 5.14. The maximum Gasteiger partial charge on any atom is 0.169 e. The number of hydrogen-bond acceptors (Lipinski definition) is 2. The zero-order valence-electron chi connectivity index (χ0n) is 9.71. The topological polar surface area (TPSA) is 18.5 Å². The third-order valence-electron chi connectivity index (χ3n) is 4.89. The molecule has 1 aliphatic heterocycles. The van der Waals surface area contributed by atoms with Gasteiger partial charge in [0.05, 0.1) is 13.2 Å². The zero-order chi connectivity index (χ0) is 10.6. The lowest BCUT2D eigenvalue weighted by Crippen LogP contribution is -2.33. The minimum Gasteiger partial charge on any atom is -0.347 e. The van der Waals surface area contributed by atoms with Gasteiger partial charge in [0.15, 0.2) is 5.79 Å². The van der Waals surface area contributed by atoms with Crippen molar-refractivity contribution in [2.45, 2.75) is 45.3 Å². The van der Waals surface area contributed by atoms with Crippen molar-refractivity contribution in [1.29, 1.82) is 0 Å². The number of hydrogen-bond donors (Lipinski definition) is 0. The van der Waals surface area contributed by atoms with Gasteiger partial charge in [-0.1, -0.05) is 26.0 Å². The molecule has 0 unspecified atom stereocenters. The van der Waals surface area contributed by atoms with Crippen LogP contribution in [0.2, 0.25) is 0 Å². The van der Waals surface area contributed by atoms with Crippen molar-refractivity contribution < 1.29 is 9.47 Å². The Morgan fingerprint density at radius 1 is 0.867 bits per heavy atom. The molecule has 1 heterocycles. The van der Waals surface area contributed by atoms with Gasteiger partial charge in [-0.3, -0.25) is 0 Å². The molecule has 2 aliphatic carbocycles. The summed E-state index contributed by atoms with van der Waals surface area (Å²) in [6.07, 6.45) is 9.16. The fraction of sp³-hybridized carbons (Fsp3) is 0.846. The average molecular weight is 208 g/mol. The average Bonchev–Trinajstić information content (AvgIpc) is 2.68. The molecule has 0 aromatic carbocycles. The minimum absolute atomic E-state index is 0.241. The lowest BCUT2D eigenvalue weighted by molar-refractivity contribution is -0.158. The summed E-state index contributed by atoms with van der Waals surface area (Å²) in [6, 6.07) is 0. The van der Waals surface area contributed by atoms with Crippen molar-refractivity contribution in [2.24, 2.45) is 10.8 Å². The smallest absolute Gasteiger partial charge is 0.169 e. The van der Waals surface area contributed by atoms with Gasteiger partial charge >= 0.3 is 0 Å². The zero-order valence-corrected chi connectivity index (χ0v) is 9.71. The van der Waals surface area contributed by atoms with E-state index in [1.165, 1.54) is 12.8 Å². The highest BCUT2D eigenvalue weighted by atomic mass is 16.7. The second-order valence-electron chi connectivity index (χ2n) is 5.96. The third-order valence-corrected chi connectivity index (χ3v) is 4.89. The van der Waals surface area contributed by atoms with Crippen molar-refractivity contribution in [3.8, 4) is 0 Å². The minimum atomic E-state index is -0.241. The standard InChI is InChI=1S/C13H20O2/c1-11-5-3-4-6-12(11,2)10-13(9-11)14-7-8-15-13/h3-4H,5-10H2,1-2H3/t11-,12+. The monoisotopic (exact) mass is 208 g/mol. The molecule has 3 aliphatic rings. The maximum absolute atomic E-state index is 5.87. The fourth-order valence-corrected chi connectivity index (χ4v) is 3.70. The highest BCUT2D eigenvalue weighted by Gasteiger charge is 2.61. The SMILES string of the molecule is C[C@@]12CC=CC[C@]1(C)CC1(C2)OCCO1. The summed E-state index contributed by atoms with van der Waals surface area (Å²) < 4.78 is 11.7. The molecular weight excluding hydrogens is 188 g/mol. The van der Waals surface area contributed by atoms with E-state index in [9.17, 15) is 0 Å². The van der Waals surface area contributed by atoms with Crippen LogP contribution in [0.1, 0.15) is 39.5 Å². The summed E-state index contributed by atoms with van der Waals surface area (Å²) in [7, 11) is 0. The quantitative estimate of drug-likeness (QED) is 0.570. The van der Waals surface area contributed by atoms with Crippen LogP contribution >= 0.6 is 0 Å². The molecule has 0 aromatic rings. The van der Waals surface area contributed by atoms with Gasteiger partial charge in [-0.2, -0.15) is 0 Å². The van der Waals surface area contributed by atoms with Crippen molar-refractivity contribution in [2.75, 3.05) is 13.2 Å². The van der Waals surface area contributed by atoms with Gasteiger partial charge in [-0.25, -0.2) is 0 Å². The Labute approximate surface area is 91.6 Å². The van der Waals surface area contributed by atoms with Crippen molar-refractivity contribution in [1.82, 2.24) is 0 Å². The summed E-state index contributed by atoms with van der Waals surface area (Å²) in [4.78, 5) is 0. The van der Waals surface area contributed by atoms with E-state index in [1.807, 2.05) is 0 Å². The van der Waals surface area contributed by atoms with E-state index in [4.69, 9.17) is 9.47 Å². The van der Waals surface area contributed by atoms with Gasteiger partial charge in [-0.15, -0.1) is 0 Å². The molecule has 1 spiro atoms. The first-order valence-electron chi connectivity index (χ1n) is 6.01. The van der Waals surface area contributed by atoms with Gasteiger partial charge in [0.25, 0.3) is 0 Å². The van der Waals surface area contributed by atoms with Crippen molar-refractivity contribution >= 4 is 0 Å². The van der Waals surface area contributed by atoms with Crippen LogP contribution in [-0.4, -0.2) is 19.0 Å². The Kier molecular flexibility index (Phi) is 1.88. The molecule has 2 nitrogen and oxygen atoms in total. The lowest BCUT2D eigenvalue weighted by Gasteiger charge is -2.42. The molecule has 84 valence electrons. The summed E-state index contributed by atoms with van der Waals surface area (Å²) in [6.45, 7) is 6.35. The Bertz CT molecular complexity index is 280. The van der Waals surface area contributed by atoms with Gasteiger partial charge in [0, 0.05) is 12.8 Å². The van der Waals surface area contributed by atoms with Crippen LogP contribution in [0.5, 0.6) is 0 Å². The van der Waals surface area contributed by atoms with Gasteiger partial charge in [-0.05, 0) is 23.7 Å². The molecule has 15 heavy (non-hydrogen) atoms. The lowest BCUT2D eigenvalue weighted by atomic mass is 9.62. The summed E-state index contributed by atoms with van der Waals surface area (Å²) >= 11 is 0. The molecule has 0 bridgehead atoms. The Morgan fingerprint density at radius 3 is 1.80 bits per heavy atom. The Hall–Kier alpha value is -0.340. The molecule has 0 radical (unpaired) electrons. The van der Waals surface area contributed by atoms with Crippen molar-refractivity contribution in [3.05, 3.63) is 12.2 Å². The predicted molar refractivity (Wildman–Crippen MR) is 58.5 cm³/mol. The van der Waals surface area contributed by atoms with Crippen LogP contribution in [0.3, 0.4) is 0 Å². The normalized spacial score (nSPS) is 47.3. The molecule has 0 N–H and O–H groups in total. The van der Waals surface area contributed by atoms with E-state index in [0.29, 0.717) is 10.8 Å². The van der Waals surface area contributed by atoms with E-state index >= 15 is 0 Å². The molecule has 2 heteroatoms. The number of allylic oxidation sites excluding steroid dienone is 2. The molecule has 3 rings (SSSR count). The number of rotatable bonds is 0. The van der Waals surface area contributed by atoms with Crippen LogP contribution in [0.25, 0.3) is 0 Å². The first-order chi connectivity index (χ1) is 7.08. The van der Waals surface area contributed by atoms with E-state index in [2.05, 4.69) is 26.0 Å². The van der Waals surface area contributed by atoms with Gasteiger partial charge in [0.1, 0.15) is 0 Å². The number of ether oxygens (including phenoxy) is 2. The Balaban J connectivity index is 1.94. The molecule has 0 aromatic heterocycles. The van der Waals surface area contributed by atoms with Crippen LogP contribution in [0.15, 0.2) is 12.2 Å². The van der Waals surface area contributed by atoms with Crippen LogP contribution in [-0.2, 0) is 9.47 Å². The summed E-state index contributed by atoms with van der Waals surface area (Å²) in [5.41, 5.74) is 0.734. The summed E-state index contributed by atoms with van der Waals surface area (Å²) in [5, 5.41) is 0. The van der Waals surface area contributed by atoms with Crippen molar-refractivity contribution in [3.63, 3.8) is 0 Å². The second-order valence-corrected chi connectivity index (χ2v) is 5.96. The van der Waals surface area contributed by atoms with Gasteiger partial charge in [0.2, 0.25) is 0 Å². The molecule has 1 saturated carbocycles. The Morgan fingerprint density at radius 2 is 1.33 bits per heavy atom. The van der Waals surface area contributed by atoms with Crippen LogP contribution in [0, 0.1) is 10.8 Å². The fourth-order valence-electron chi connectivity index (χ4n) is 3.70.